The topological polar surface area (TPSA) is 64.8 Å². The highest BCUT2D eigenvalue weighted by molar-refractivity contribution is 5.93. The van der Waals surface area contributed by atoms with Crippen LogP contribution in [-0.2, 0) is 4.74 Å². The van der Waals surface area contributed by atoms with Crippen LogP contribution < -0.4 is 10.5 Å². The van der Waals surface area contributed by atoms with Crippen LogP contribution in [0.4, 0.5) is 5.69 Å². The maximum Gasteiger partial charge on any atom is 0.341 e. The summed E-state index contributed by atoms with van der Waals surface area (Å²) in [6, 6.07) is 4.92. The fraction of sp³-hybridized carbons (Fsp3) is 0.462. The largest absolute Gasteiger partial charge is 0.491 e. The molecule has 5 heteroatoms. The van der Waals surface area contributed by atoms with Gasteiger partial charge in [-0.15, -0.1) is 0 Å². The summed E-state index contributed by atoms with van der Waals surface area (Å²) in [6.45, 7) is 3.35. The molecule has 1 aromatic rings. The third kappa shape index (κ3) is 4.25. The molecule has 0 amide bonds. The molecular weight excluding hydrogens is 232 g/mol. The number of nitrogens with two attached hydrogens (primary N) is 1. The molecule has 0 heterocycles. The highest BCUT2D eigenvalue weighted by atomic mass is 16.5. The molecule has 0 radical (unpaired) electrons. The Kier molecular flexibility index (Phi) is 5.45. The molecular formula is C13H20N2O3. The summed E-state index contributed by atoms with van der Waals surface area (Å²) < 4.78 is 10.5. The molecule has 100 valence electrons. The SMILES string of the molecule is CCOC(=O)c1ccc(N)cc1OCCN(C)C. The predicted octanol–water partition coefficient (Wildman–Crippen LogP) is 1.39. The monoisotopic (exact) mass is 252 g/mol. The van der Waals surface area contributed by atoms with E-state index in [1.807, 2.05) is 19.0 Å². The first kappa shape index (κ1) is 14.3. The first-order valence-electron chi connectivity index (χ1n) is 5.88. The van der Waals surface area contributed by atoms with E-state index in [9.17, 15) is 4.79 Å². The van der Waals surface area contributed by atoms with Gasteiger partial charge in [-0.25, -0.2) is 4.79 Å². The molecule has 0 spiro atoms. The normalized spacial score (nSPS) is 10.4. The number of benzene rings is 1. The van der Waals surface area contributed by atoms with Crippen molar-refractivity contribution in [3.05, 3.63) is 23.8 Å². The van der Waals surface area contributed by atoms with Gasteiger partial charge in [0.15, 0.2) is 0 Å². The number of anilines is 1. The molecule has 0 aliphatic rings. The van der Waals surface area contributed by atoms with Gasteiger partial charge in [0.2, 0.25) is 0 Å². The Hall–Kier alpha value is -1.75. The van der Waals surface area contributed by atoms with Crippen LogP contribution in [0.15, 0.2) is 18.2 Å². The first-order valence-corrected chi connectivity index (χ1v) is 5.88. The van der Waals surface area contributed by atoms with Crippen molar-refractivity contribution in [2.45, 2.75) is 6.92 Å². The Bertz CT molecular complexity index is 405. The van der Waals surface area contributed by atoms with Gasteiger partial charge in [0.05, 0.1) is 6.61 Å². The quantitative estimate of drug-likeness (QED) is 0.612. The van der Waals surface area contributed by atoms with Crippen molar-refractivity contribution in [2.75, 3.05) is 39.6 Å². The second-order valence-electron chi connectivity index (χ2n) is 4.13. The number of hydrogen-bond acceptors (Lipinski definition) is 5. The van der Waals surface area contributed by atoms with E-state index in [4.69, 9.17) is 15.2 Å². The fourth-order valence-corrected chi connectivity index (χ4v) is 1.37. The molecule has 2 N–H and O–H groups in total. The van der Waals surface area contributed by atoms with Crippen molar-refractivity contribution in [1.82, 2.24) is 4.90 Å². The molecule has 0 aliphatic carbocycles. The number of esters is 1. The van der Waals surface area contributed by atoms with Crippen molar-refractivity contribution < 1.29 is 14.3 Å². The maximum absolute atomic E-state index is 11.7. The van der Waals surface area contributed by atoms with E-state index in [0.717, 1.165) is 6.54 Å². The lowest BCUT2D eigenvalue weighted by molar-refractivity contribution is 0.0521. The number of hydrogen-bond donors (Lipinski definition) is 1. The van der Waals surface area contributed by atoms with Crippen LogP contribution in [0.25, 0.3) is 0 Å². The minimum Gasteiger partial charge on any atom is -0.491 e. The summed E-state index contributed by atoms with van der Waals surface area (Å²) in [5.41, 5.74) is 6.66. The number of nitrogen functional groups attached to an aromatic ring is 1. The molecule has 0 aromatic heterocycles. The minimum absolute atomic E-state index is 0.334. The molecule has 0 aliphatic heterocycles. The Labute approximate surface area is 107 Å². The van der Waals surface area contributed by atoms with Gasteiger partial charge in [-0.2, -0.15) is 0 Å². The van der Waals surface area contributed by atoms with Crippen molar-refractivity contribution in [3.8, 4) is 5.75 Å². The van der Waals surface area contributed by atoms with Crippen LogP contribution in [0.2, 0.25) is 0 Å². The Balaban J connectivity index is 2.79. The summed E-state index contributed by atoms with van der Waals surface area (Å²) in [6.07, 6.45) is 0. The standard InChI is InChI=1S/C13H20N2O3/c1-4-17-13(16)11-6-5-10(14)9-12(11)18-8-7-15(2)3/h5-6,9H,4,7-8,14H2,1-3H3. The van der Waals surface area contributed by atoms with Gasteiger partial charge >= 0.3 is 5.97 Å². The molecule has 0 saturated heterocycles. The van der Waals surface area contributed by atoms with Gasteiger partial charge in [-0.3, -0.25) is 0 Å². The van der Waals surface area contributed by atoms with E-state index in [0.29, 0.717) is 30.2 Å². The van der Waals surface area contributed by atoms with Crippen LogP contribution in [0.5, 0.6) is 5.75 Å². The summed E-state index contributed by atoms with van der Waals surface area (Å²) in [4.78, 5) is 13.7. The molecule has 0 bridgehead atoms. The lowest BCUT2D eigenvalue weighted by Gasteiger charge is -2.14. The zero-order valence-corrected chi connectivity index (χ0v) is 11.1. The summed E-state index contributed by atoms with van der Waals surface area (Å²) in [5.74, 6) is 0.0765. The van der Waals surface area contributed by atoms with Crippen LogP contribution in [0, 0.1) is 0 Å². The zero-order valence-electron chi connectivity index (χ0n) is 11.1. The Morgan fingerprint density at radius 1 is 1.39 bits per heavy atom. The zero-order chi connectivity index (χ0) is 13.5. The molecule has 18 heavy (non-hydrogen) atoms. The predicted molar refractivity (Wildman–Crippen MR) is 70.9 cm³/mol. The van der Waals surface area contributed by atoms with Crippen LogP contribution >= 0.6 is 0 Å². The highest BCUT2D eigenvalue weighted by Crippen LogP contribution is 2.22. The van der Waals surface area contributed by atoms with Crippen LogP contribution in [0.3, 0.4) is 0 Å². The number of carbonyl (C=O) groups excluding carboxylic acids is 1. The minimum atomic E-state index is -0.391. The van der Waals surface area contributed by atoms with Gasteiger partial charge in [0.25, 0.3) is 0 Å². The lowest BCUT2D eigenvalue weighted by Crippen LogP contribution is -2.20. The average Bonchev–Trinajstić information content (AvgIpc) is 2.29. The second kappa shape index (κ2) is 6.86. The van der Waals surface area contributed by atoms with Gasteiger partial charge in [-0.1, -0.05) is 0 Å². The number of rotatable bonds is 6. The van der Waals surface area contributed by atoms with E-state index in [-0.39, 0.29) is 0 Å². The first-order chi connectivity index (χ1) is 8.54. The Morgan fingerprint density at radius 2 is 2.11 bits per heavy atom. The summed E-state index contributed by atoms with van der Waals surface area (Å²) in [5, 5.41) is 0. The smallest absolute Gasteiger partial charge is 0.341 e. The molecule has 1 aromatic carbocycles. The molecule has 0 fully saturated rings. The number of likely N-dealkylation sites (N-methyl/N-ethyl adjacent to an activating group) is 1. The molecule has 0 unspecified atom stereocenters. The maximum atomic E-state index is 11.7. The second-order valence-corrected chi connectivity index (χ2v) is 4.13. The molecule has 0 saturated carbocycles. The van der Waals surface area contributed by atoms with E-state index in [2.05, 4.69) is 0 Å². The third-order valence-corrected chi connectivity index (χ3v) is 2.30. The molecule has 1 rings (SSSR count). The van der Waals surface area contributed by atoms with E-state index in [1.165, 1.54) is 0 Å². The number of nitrogens with zero attached hydrogens (tertiary/aromatic N) is 1. The van der Waals surface area contributed by atoms with E-state index in [1.54, 1.807) is 25.1 Å². The Morgan fingerprint density at radius 3 is 2.72 bits per heavy atom. The summed E-state index contributed by atoms with van der Waals surface area (Å²) >= 11 is 0. The van der Waals surface area contributed by atoms with E-state index >= 15 is 0 Å². The van der Waals surface area contributed by atoms with Gasteiger partial charge in [-0.05, 0) is 33.2 Å². The highest BCUT2D eigenvalue weighted by Gasteiger charge is 2.14. The van der Waals surface area contributed by atoms with Gasteiger partial charge in [0.1, 0.15) is 17.9 Å². The van der Waals surface area contributed by atoms with Crippen molar-refractivity contribution in [3.63, 3.8) is 0 Å². The van der Waals surface area contributed by atoms with Gasteiger partial charge in [0, 0.05) is 18.3 Å². The lowest BCUT2D eigenvalue weighted by atomic mass is 10.2. The molecule has 5 nitrogen and oxygen atoms in total. The molecule has 0 atom stereocenters. The van der Waals surface area contributed by atoms with Crippen molar-refractivity contribution in [1.29, 1.82) is 0 Å². The van der Waals surface area contributed by atoms with Crippen molar-refractivity contribution >= 4 is 11.7 Å². The number of carbonyl (C=O) groups is 1. The fourth-order valence-electron chi connectivity index (χ4n) is 1.37. The van der Waals surface area contributed by atoms with Gasteiger partial charge < -0.3 is 20.1 Å². The number of ether oxygens (including phenoxy) is 2. The van der Waals surface area contributed by atoms with Crippen LogP contribution in [0.1, 0.15) is 17.3 Å². The average molecular weight is 252 g/mol. The van der Waals surface area contributed by atoms with Crippen molar-refractivity contribution in [2.24, 2.45) is 0 Å². The van der Waals surface area contributed by atoms with E-state index < -0.39 is 5.97 Å². The third-order valence-electron chi connectivity index (χ3n) is 2.30. The summed E-state index contributed by atoms with van der Waals surface area (Å²) in [7, 11) is 3.91. The van der Waals surface area contributed by atoms with Crippen LogP contribution in [-0.4, -0.2) is 44.7 Å².